The number of carbonyl (C=O) groups is 2. The zero-order chi connectivity index (χ0) is 16.1. The van der Waals surface area contributed by atoms with Crippen molar-refractivity contribution in [3.8, 4) is 0 Å². The number of hydrogen-bond donors (Lipinski definition) is 0. The molecule has 0 radical (unpaired) electrons. The first kappa shape index (κ1) is 15.5. The summed E-state index contributed by atoms with van der Waals surface area (Å²) in [5.74, 6) is 0.287. The molecule has 1 aliphatic heterocycles. The molecule has 0 fully saturated rings. The number of fused-ring (bicyclic) bond motifs is 1. The number of aldehydes is 1. The van der Waals surface area contributed by atoms with E-state index in [9.17, 15) is 9.59 Å². The van der Waals surface area contributed by atoms with E-state index in [1.54, 1.807) is 23.9 Å². The van der Waals surface area contributed by atoms with E-state index in [1.807, 2.05) is 36.4 Å². The lowest BCUT2D eigenvalue weighted by atomic mass is 9.96. The van der Waals surface area contributed by atoms with Crippen LogP contribution in [0.2, 0.25) is 0 Å². The summed E-state index contributed by atoms with van der Waals surface area (Å²) in [6.07, 6.45) is 6.25. The van der Waals surface area contributed by atoms with Crippen molar-refractivity contribution in [2.45, 2.75) is 17.7 Å². The standard InChI is InChI=1S/C13H10OS.C7H6O/c14-11-5-3-7-13-10(11)8-9-4-1-2-6-12(9)15-13;8-6-7-4-2-1-3-5-7/h1-4,6-7H,5,8H2;1-6H. The number of allylic oxidation sites excluding steroid dienone is 3. The zero-order valence-corrected chi connectivity index (χ0v) is 13.4. The third-order valence-electron chi connectivity index (χ3n) is 3.70. The van der Waals surface area contributed by atoms with Gasteiger partial charge in [-0.05, 0) is 11.6 Å². The van der Waals surface area contributed by atoms with Gasteiger partial charge in [-0.3, -0.25) is 9.59 Å². The molecule has 0 bridgehead atoms. The molecule has 0 saturated carbocycles. The van der Waals surface area contributed by atoms with Gasteiger partial charge in [-0.1, -0.05) is 72.4 Å². The van der Waals surface area contributed by atoms with Crippen molar-refractivity contribution in [2.24, 2.45) is 0 Å². The number of benzene rings is 2. The van der Waals surface area contributed by atoms with Gasteiger partial charge in [0.05, 0.1) is 0 Å². The quantitative estimate of drug-likeness (QED) is 0.719. The summed E-state index contributed by atoms with van der Waals surface area (Å²) in [6.45, 7) is 0. The Morgan fingerprint density at radius 3 is 2.43 bits per heavy atom. The minimum atomic E-state index is 0.287. The Kier molecular flexibility index (Phi) is 4.89. The molecule has 0 amide bonds. The molecule has 0 unspecified atom stereocenters. The van der Waals surface area contributed by atoms with Gasteiger partial charge in [-0.15, -0.1) is 0 Å². The molecule has 0 atom stereocenters. The van der Waals surface area contributed by atoms with Crippen LogP contribution in [-0.4, -0.2) is 12.1 Å². The Bertz CT molecular complexity index is 788. The minimum Gasteiger partial charge on any atom is -0.298 e. The summed E-state index contributed by atoms with van der Waals surface area (Å²) in [7, 11) is 0. The van der Waals surface area contributed by atoms with Crippen LogP contribution in [0, 0.1) is 0 Å². The van der Waals surface area contributed by atoms with Gasteiger partial charge < -0.3 is 0 Å². The maximum Gasteiger partial charge on any atom is 0.164 e. The van der Waals surface area contributed by atoms with Gasteiger partial charge in [-0.2, -0.15) is 0 Å². The molecule has 1 heterocycles. The Labute approximate surface area is 139 Å². The van der Waals surface area contributed by atoms with E-state index in [0.29, 0.717) is 6.42 Å². The molecule has 2 aromatic carbocycles. The first-order valence-electron chi connectivity index (χ1n) is 7.47. The molecule has 2 aliphatic rings. The predicted molar refractivity (Wildman–Crippen MR) is 93.6 cm³/mol. The van der Waals surface area contributed by atoms with E-state index in [0.717, 1.165) is 28.7 Å². The van der Waals surface area contributed by atoms with Crippen LogP contribution in [0.25, 0.3) is 0 Å². The first-order chi connectivity index (χ1) is 11.3. The van der Waals surface area contributed by atoms with E-state index >= 15 is 0 Å². The lowest BCUT2D eigenvalue weighted by Gasteiger charge is -2.21. The Morgan fingerprint density at radius 1 is 0.957 bits per heavy atom. The molecule has 1 aliphatic carbocycles. The molecule has 2 nitrogen and oxygen atoms in total. The first-order valence-corrected chi connectivity index (χ1v) is 8.28. The van der Waals surface area contributed by atoms with E-state index in [1.165, 1.54) is 10.5 Å². The van der Waals surface area contributed by atoms with Crippen molar-refractivity contribution in [3.05, 3.63) is 88.4 Å². The van der Waals surface area contributed by atoms with Gasteiger partial charge >= 0.3 is 0 Å². The summed E-state index contributed by atoms with van der Waals surface area (Å²) in [5.41, 5.74) is 3.01. The highest BCUT2D eigenvalue weighted by molar-refractivity contribution is 8.03. The van der Waals surface area contributed by atoms with Crippen molar-refractivity contribution in [2.75, 3.05) is 0 Å². The molecule has 2 aromatic rings. The minimum absolute atomic E-state index is 0.287. The summed E-state index contributed by atoms with van der Waals surface area (Å²) >= 11 is 1.72. The van der Waals surface area contributed by atoms with Crippen LogP contribution in [0.4, 0.5) is 0 Å². The third kappa shape index (κ3) is 3.69. The number of hydrogen-bond acceptors (Lipinski definition) is 3. The second-order valence-corrected chi connectivity index (χ2v) is 6.37. The summed E-state index contributed by atoms with van der Waals surface area (Å²) in [5, 5.41) is 0. The Balaban J connectivity index is 0.000000166. The van der Waals surface area contributed by atoms with Crippen molar-refractivity contribution in [1.29, 1.82) is 0 Å². The summed E-state index contributed by atoms with van der Waals surface area (Å²) < 4.78 is 0. The number of carbonyl (C=O) groups excluding carboxylic acids is 2. The molecule has 0 spiro atoms. The maximum atomic E-state index is 11.7. The fourth-order valence-electron chi connectivity index (χ4n) is 2.51. The molecule has 3 heteroatoms. The van der Waals surface area contributed by atoms with E-state index in [4.69, 9.17) is 0 Å². The number of rotatable bonds is 1. The fourth-order valence-corrected chi connectivity index (χ4v) is 3.63. The molecular weight excluding hydrogens is 304 g/mol. The average Bonchev–Trinajstić information content (AvgIpc) is 2.62. The Morgan fingerprint density at radius 2 is 1.70 bits per heavy atom. The maximum absolute atomic E-state index is 11.7. The smallest absolute Gasteiger partial charge is 0.164 e. The molecule has 0 aromatic heterocycles. The topological polar surface area (TPSA) is 34.1 Å². The molecule has 4 rings (SSSR count). The summed E-state index contributed by atoms with van der Waals surface area (Å²) in [6, 6.07) is 17.4. The monoisotopic (exact) mass is 320 g/mol. The lowest BCUT2D eigenvalue weighted by molar-refractivity contribution is -0.115. The van der Waals surface area contributed by atoms with Crippen molar-refractivity contribution >= 4 is 23.8 Å². The highest BCUT2D eigenvalue weighted by Crippen LogP contribution is 2.40. The van der Waals surface area contributed by atoms with Crippen LogP contribution in [0.15, 0.2) is 82.1 Å². The highest BCUT2D eigenvalue weighted by atomic mass is 32.2. The summed E-state index contributed by atoms with van der Waals surface area (Å²) in [4.78, 5) is 24.2. The Hall–Kier alpha value is -2.39. The lowest BCUT2D eigenvalue weighted by Crippen LogP contribution is -2.12. The van der Waals surface area contributed by atoms with Crippen LogP contribution >= 0.6 is 11.8 Å². The van der Waals surface area contributed by atoms with Gasteiger partial charge in [-0.25, -0.2) is 0 Å². The van der Waals surface area contributed by atoms with Gasteiger partial charge in [0.15, 0.2) is 5.78 Å². The van der Waals surface area contributed by atoms with Gasteiger partial charge in [0.1, 0.15) is 6.29 Å². The van der Waals surface area contributed by atoms with Gasteiger partial charge in [0.25, 0.3) is 0 Å². The number of Topliss-reactive ketones (excluding diaryl/α,β-unsaturated/α-hetero) is 1. The molecule has 114 valence electrons. The second kappa shape index (κ2) is 7.25. The van der Waals surface area contributed by atoms with Crippen molar-refractivity contribution < 1.29 is 9.59 Å². The predicted octanol–water partition coefficient (Wildman–Crippen LogP) is 4.62. The highest BCUT2D eigenvalue weighted by Gasteiger charge is 2.23. The van der Waals surface area contributed by atoms with E-state index in [-0.39, 0.29) is 5.78 Å². The molecule has 23 heavy (non-hydrogen) atoms. The van der Waals surface area contributed by atoms with Crippen LogP contribution in [0.5, 0.6) is 0 Å². The zero-order valence-electron chi connectivity index (χ0n) is 12.6. The second-order valence-electron chi connectivity index (χ2n) is 5.29. The van der Waals surface area contributed by atoms with Crippen LogP contribution < -0.4 is 0 Å². The van der Waals surface area contributed by atoms with Crippen molar-refractivity contribution in [1.82, 2.24) is 0 Å². The third-order valence-corrected chi connectivity index (χ3v) is 4.92. The van der Waals surface area contributed by atoms with Gasteiger partial charge in [0.2, 0.25) is 0 Å². The average molecular weight is 320 g/mol. The van der Waals surface area contributed by atoms with E-state index < -0.39 is 0 Å². The van der Waals surface area contributed by atoms with Crippen LogP contribution in [-0.2, 0) is 11.2 Å². The van der Waals surface area contributed by atoms with Crippen molar-refractivity contribution in [3.63, 3.8) is 0 Å². The fraction of sp³-hybridized carbons (Fsp3) is 0.100. The molecule has 0 N–H and O–H groups in total. The van der Waals surface area contributed by atoms with Gasteiger partial charge in [0, 0.05) is 33.8 Å². The largest absolute Gasteiger partial charge is 0.298 e. The van der Waals surface area contributed by atoms with E-state index in [2.05, 4.69) is 18.2 Å². The molecule has 0 saturated heterocycles. The number of ketones is 1. The molecular formula is C20H16O2S. The van der Waals surface area contributed by atoms with Crippen LogP contribution in [0.1, 0.15) is 22.3 Å². The SMILES string of the molecule is O=C1CC=CC2=C1Cc1ccccc1S2.O=Cc1ccccc1. The normalized spacial score (nSPS) is 15.2. The number of thioether (sulfide) groups is 1. The van der Waals surface area contributed by atoms with Crippen LogP contribution in [0.3, 0.4) is 0 Å².